The molecule has 78 valence electrons. The second-order valence-electron chi connectivity index (χ2n) is 3.83. The van der Waals surface area contributed by atoms with Crippen LogP contribution in [-0.4, -0.2) is 15.2 Å². The summed E-state index contributed by atoms with van der Waals surface area (Å²) in [6.45, 7) is 2.01. The highest BCUT2D eigenvalue weighted by Gasteiger charge is 2.04. The maximum Gasteiger partial charge on any atom is 0.0702 e. The highest BCUT2D eigenvalue weighted by molar-refractivity contribution is 5.83. The number of H-pyrrole nitrogens is 1. The van der Waals surface area contributed by atoms with Crippen LogP contribution in [0.4, 0.5) is 0 Å². The number of hydrogen-bond acceptors (Lipinski definition) is 2. The van der Waals surface area contributed by atoms with E-state index in [0.717, 1.165) is 27.7 Å². The Labute approximate surface area is 93.2 Å². The lowest BCUT2D eigenvalue weighted by molar-refractivity contribution is 1.05. The Hall–Kier alpha value is -2.16. The molecule has 3 aromatic rings. The number of nitrogens with one attached hydrogen (secondary N) is 1. The first-order chi connectivity index (χ1) is 7.84. The second-order valence-corrected chi connectivity index (χ2v) is 3.83. The summed E-state index contributed by atoms with van der Waals surface area (Å²) in [4.78, 5) is 4.44. The zero-order valence-electron chi connectivity index (χ0n) is 8.94. The third-order valence-corrected chi connectivity index (χ3v) is 2.73. The van der Waals surface area contributed by atoms with Gasteiger partial charge in [-0.05, 0) is 19.1 Å². The largest absolute Gasteiger partial charge is 0.282 e. The summed E-state index contributed by atoms with van der Waals surface area (Å²) in [7, 11) is 0. The molecule has 2 aromatic heterocycles. The first-order valence-electron chi connectivity index (χ1n) is 5.20. The molecular weight excluding hydrogens is 198 g/mol. The summed E-state index contributed by atoms with van der Waals surface area (Å²) in [5.74, 6) is 0. The first kappa shape index (κ1) is 9.09. The fraction of sp³-hybridized carbons (Fsp3) is 0.0769. The van der Waals surface area contributed by atoms with Gasteiger partial charge in [0.2, 0.25) is 0 Å². The molecule has 3 heteroatoms. The standard InChI is InChI=1S/C13H11N3/c1-9-12(8-15-16-9)11-6-10-4-2-3-5-13(10)14-7-11/h2-8H,1H3,(H,15,16). The topological polar surface area (TPSA) is 41.6 Å². The van der Waals surface area contributed by atoms with Gasteiger partial charge < -0.3 is 0 Å². The summed E-state index contributed by atoms with van der Waals surface area (Å²) in [5, 5.41) is 8.12. The van der Waals surface area contributed by atoms with Crippen LogP contribution in [0.25, 0.3) is 22.0 Å². The van der Waals surface area contributed by atoms with Gasteiger partial charge in [0.25, 0.3) is 0 Å². The van der Waals surface area contributed by atoms with E-state index < -0.39 is 0 Å². The van der Waals surface area contributed by atoms with Crippen molar-refractivity contribution in [1.29, 1.82) is 0 Å². The van der Waals surface area contributed by atoms with Gasteiger partial charge in [0.15, 0.2) is 0 Å². The zero-order valence-corrected chi connectivity index (χ0v) is 8.94. The summed E-state index contributed by atoms with van der Waals surface area (Å²) in [6.07, 6.45) is 3.72. The number of aromatic nitrogens is 3. The third kappa shape index (κ3) is 1.37. The lowest BCUT2D eigenvalue weighted by Crippen LogP contribution is -1.83. The minimum Gasteiger partial charge on any atom is -0.282 e. The van der Waals surface area contributed by atoms with Crippen molar-refractivity contribution in [2.45, 2.75) is 6.92 Å². The van der Waals surface area contributed by atoms with E-state index >= 15 is 0 Å². The van der Waals surface area contributed by atoms with E-state index in [4.69, 9.17) is 0 Å². The fourth-order valence-corrected chi connectivity index (χ4v) is 1.86. The summed E-state index contributed by atoms with van der Waals surface area (Å²) >= 11 is 0. The molecule has 2 heterocycles. The molecule has 0 bridgehead atoms. The van der Waals surface area contributed by atoms with Crippen molar-refractivity contribution in [3.63, 3.8) is 0 Å². The molecule has 0 unspecified atom stereocenters. The number of aromatic amines is 1. The molecule has 0 atom stereocenters. The summed E-state index contributed by atoms with van der Waals surface area (Å²) < 4.78 is 0. The number of nitrogens with zero attached hydrogens (tertiary/aromatic N) is 2. The number of hydrogen-bond donors (Lipinski definition) is 1. The SMILES string of the molecule is Cc1[nH]ncc1-c1cnc2ccccc2c1. The van der Waals surface area contributed by atoms with Crippen molar-refractivity contribution < 1.29 is 0 Å². The van der Waals surface area contributed by atoms with Gasteiger partial charge in [-0.25, -0.2) is 0 Å². The Morgan fingerprint density at radius 2 is 2.00 bits per heavy atom. The lowest BCUT2D eigenvalue weighted by atomic mass is 10.1. The lowest BCUT2D eigenvalue weighted by Gasteiger charge is -2.01. The highest BCUT2D eigenvalue weighted by atomic mass is 15.1. The van der Waals surface area contributed by atoms with Crippen molar-refractivity contribution in [2.24, 2.45) is 0 Å². The van der Waals surface area contributed by atoms with Crippen LogP contribution in [0.2, 0.25) is 0 Å². The van der Waals surface area contributed by atoms with Crippen LogP contribution >= 0.6 is 0 Å². The number of rotatable bonds is 1. The molecule has 16 heavy (non-hydrogen) atoms. The van der Waals surface area contributed by atoms with Gasteiger partial charge >= 0.3 is 0 Å². The number of aryl methyl sites for hydroxylation is 1. The quantitative estimate of drug-likeness (QED) is 0.669. The molecule has 0 aliphatic heterocycles. The van der Waals surface area contributed by atoms with Crippen molar-refractivity contribution >= 4 is 10.9 Å². The Morgan fingerprint density at radius 1 is 1.12 bits per heavy atom. The Balaban J connectivity index is 2.23. The van der Waals surface area contributed by atoms with Crippen LogP contribution in [-0.2, 0) is 0 Å². The molecule has 0 radical (unpaired) electrons. The van der Waals surface area contributed by atoms with Gasteiger partial charge in [0, 0.05) is 28.4 Å². The minimum absolute atomic E-state index is 1.02. The van der Waals surface area contributed by atoms with Gasteiger partial charge in [-0.1, -0.05) is 18.2 Å². The predicted octanol–water partition coefficient (Wildman–Crippen LogP) is 2.93. The van der Waals surface area contributed by atoms with Gasteiger partial charge in [-0.15, -0.1) is 0 Å². The minimum atomic E-state index is 1.02. The van der Waals surface area contributed by atoms with Crippen LogP contribution in [0.1, 0.15) is 5.69 Å². The molecule has 3 rings (SSSR count). The first-order valence-corrected chi connectivity index (χ1v) is 5.20. The van der Waals surface area contributed by atoms with Crippen molar-refractivity contribution in [1.82, 2.24) is 15.2 Å². The summed E-state index contributed by atoms with van der Waals surface area (Å²) in [5.41, 5.74) is 4.30. The van der Waals surface area contributed by atoms with Crippen molar-refractivity contribution in [3.05, 3.63) is 48.4 Å². The van der Waals surface area contributed by atoms with Gasteiger partial charge in [0.05, 0.1) is 11.7 Å². The highest BCUT2D eigenvalue weighted by Crippen LogP contribution is 2.23. The molecule has 0 saturated carbocycles. The number of para-hydroxylation sites is 1. The smallest absolute Gasteiger partial charge is 0.0702 e. The molecule has 3 nitrogen and oxygen atoms in total. The molecular formula is C13H11N3. The van der Waals surface area contributed by atoms with Crippen LogP contribution in [0, 0.1) is 6.92 Å². The molecule has 0 saturated heterocycles. The van der Waals surface area contributed by atoms with Crippen LogP contribution in [0.3, 0.4) is 0 Å². The molecule has 1 aromatic carbocycles. The van der Waals surface area contributed by atoms with E-state index in [9.17, 15) is 0 Å². The van der Waals surface area contributed by atoms with E-state index in [1.807, 2.05) is 37.5 Å². The van der Waals surface area contributed by atoms with Crippen LogP contribution in [0.15, 0.2) is 42.7 Å². The number of pyridine rings is 1. The fourth-order valence-electron chi connectivity index (χ4n) is 1.86. The van der Waals surface area contributed by atoms with E-state index in [1.165, 1.54) is 0 Å². The van der Waals surface area contributed by atoms with E-state index in [0.29, 0.717) is 0 Å². The molecule has 0 fully saturated rings. The Kier molecular flexibility index (Phi) is 1.96. The Bertz CT molecular complexity index is 640. The van der Waals surface area contributed by atoms with Crippen LogP contribution in [0.5, 0.6) is 0 Å². The van der Waals surface area contributed by atoms with E-state index in [1.54, 1.807) is 0 Å². The average molecular weight is 209 g/mol. The Morgan fingerprint density at radius 3 is 2.81 bits per heavy atom. The van der Waals surface area contributed by atoms with Crippen molar-refractivity contribution in [2.75, 3.05) is 0 Å². The predicted molar refractivity (Wildman–Crippen MR) is 64.1 cm³/mol. The number of fused-ring (bicyclic) bond motifs is 1. The summed E-state index contributed by atoms with van der Waals surface area (Å²) in [6, 6.07) is 10.2. The van der Waals surface area contributed by atoms with E-state index in [-0.39, 0.29) is 0 Å². The normalized spacial score (nSPS) is 10.8. The van der Waals surface area contributed by atoms with Crippen molar-refractivity contribution in [3.8, 4) is 11.1 Å². The van der Waals surface area contributed by atoms with Gasteiger partial charge in [-0.3, -0.25) is 10.1 Å². The van der Waals surface area contributed by atoms with Gasteiger partial charge in [0.1, 0.15) is 0 Å². The monoisotopic (exact) mass is 209 g/mol. The molecule has 0 aliphatic rings. The number of benzene rings is 1. The molecule has 0 spiro atoms. The second kappa shape index (κ2) is 3.45. The molecule has 1 N–H and O–H groups in total. The average Bonchev–Trinajstić information content (AvgIpc) is 2.75. The maximum atomic E-state index is 4.44. The van der Waals surface area contributed by atoms with Gasteiger partial charge in [-0.2, -0.15) is 5.10 Å². The maximum absolute atomic E-state index is 4.44. The van der Waals surface area contributed by atoms with E-state index in [2.05, 4.69) is 27.3 Å². The third-order valence-electron chi connectivity index (χ3n) is 2.73. The molecule has 0 aliphatic carbocycles. The zero-order chi connectivity index (χ0) is 11.0. The van der Waals surface area contributed by atoms with Crippen LogP contribution < -0.4 is 0 Å². The molecule has 0 amide bonds.